The number of rotatable bonds is 5. The Labute approximate surface area is 106 Å². The summed E-state index contributed by atoms with van der Waals surface area (Å²) in [5, 5.41) is 0. The zero-order valence-corrected chi connectivity index (χ0v) is 11.8. The highest BCUT2D eigenvalue weighted by Gasteiger charge is 2.07. The Kier molecular flexibility index (Phi) is 5.29. The Balaban J connectivity index is 2.67. The molecule has 0 aliphatic heterocycles. The third-order valence-corrected chi connectivity index (χ3v) is 3.81. The van der Waals surface area contributed by atoms with Gasteiger partial charge in [0.2, 0.25) is 0 Å². The van der Waals surface area contributed by atoms with E-state index in [4.69, 9.17) is 10.5 Å². The van der Waals surface area contributed by atoms with Crippen LogP contribution in [0.1, 0.15) is 30.9 Å². The van der Waals surface area contributed by atoms with Crippen LogP contribution in [0.3, 0.4) is 0 Å². The largest absolute Gasteiger partial charge is 0.491 e. The third kappa shape index (κ3) is 3.80. The van der Waals surface area contributed by atoms with E-state index in [2.05, 4.69) is 48.8 Å². The second-order valence-corrected chi connectivity index (χ2v) is 5.02. The van der Waals surface area contributed by atoms with E-state index in [-0.39, 0.29) is 6.10 Å². The Bertz CT molecular complexity index is 329. The lowest BCUT2D eigenvalue weighted by Gasteiger charge is -2.16. The highest BCUT2D eigenvalue weighted by molar-refractivity contribution is 9.10. The van der Waals surface area contributed by atoms with Gasteiger partial charge < -0.3 is 10.5 Å². The summed E-state index contributed by atoms with van der Waals surface area (Å²) < 4.78 is 7.02. The summed E-state index contributed by atoms with van der Waals surface area (Å²) in [4.78, 5) is 0. The second kappa shape index (κ2) is 6.26. The molecule has 90 valence electrons. The molecule has 2 N–H and O–H groups in total. The predicted molar refractivity (Wildman–Crippen MR) is 72.0 cm³/mol. The molecule has 0 bridgehead atoms. The summed E-state index contributed by atoms with van der Waals surface area (Å²) in [7, 11) is 0. The molecule has 16 heavy (non-hydrogen) atoms. The van der Waals surface area contributed by atoms with Crippen molar-refractivity contribution in [3.05, 3.63) is 27.7 Å². The van der Waals surface area contributed by atoms with E-state index in [1.807, 2.05) is 0 Å². The normalized spacial score (nSPS) is 12.6. The van der Waals surface area contributed by atoms with Gasteiger partial charge in [-0.1, -0.05) is 15.9 Å². The molecule has 1 rings (SSSR count). The molecule has 0 saturated carbocycles. The highest BCUT2D eigenvalue weighted by Crippen LogP contribution is 2.27. The zero-order chi connectivity index (χ0) is 12.1. The second-order valence-electron chi connectivity index (χ2n) is 4.23. The van der Waals surface area contributed by atoms with Crippen LogP contribution in [0.5, 0.6) is 5.75 Å². The average Bonchev–Trinajstić information content (AvgIpc) is 2.23. The van der Waals surface area contributed by atoms with E-state index in [0.29, 0.717) is 0 Å². The Morgan fingerprint density at radius 2 is 1.88 bits per heavy atom. The zero-order valence-electron chi connectivity index (χ0n) is 10.2. The van der Waals surface area contributed by atoms with Gasteiger partial charge in [-0.3, -0.25) is 0 Å². The molecule has 0 radical (unpaired) electrons. The van der Waals surface area contributed by atoms with Crippen LogP contribution < -0.4 is 10.5 Å². The lowest BCUT2D eigenvalue weighted by Crippen LogP contribution is -2.14. The molecular weight excluding hydrogens is 266 g/mol. The molecule has 0 amide bonds. The molecule has 1 unspecified atom stereocenters. The lowest BCUT2D eigenvalue weighted by atomic mass is 10.1. The molecule has 0 aliphatic carbocycles. The first-order valence-corrected chi connectivity index (χ1v) is 6.47. The predicted octanol–water partition coefficient (Wildman–Crippen LogP) is 3.57. The molecule has 0 aromatic heterocycles. The van der Waals surface area contributed by atoms with Gasteiger partial charge in [-0.25, -0.2) is 0 Å². The Morgan fingerprint density at radius 1 is 1.31 bits per heavy atom. The van der Waals surface area contributed by atoms with Crippen molar-refractivity contribution in [2.45, 2.75) is 39.7 Å². The first-order chi connectivity index (χ1) is 7.54. The molecule has 0 heterocycles. The summed E-state index contributed by atoms with van der Waals surface area (Å²) in [6.07, 6.45) is 2.24. The highest BCUT2D eigenvalue weighted by atomic mass is 79.9. The molecule has 3 heteroatoms. The third-order valence-electron chi connectivity index (χ3n) is 2.56. The van der Waals surface area contributed by atoms with Crippen LogP contribution in [0.2, 0.25) is 0 Å². The van der Waals surface area contributed by atoms with Crippen molar-refractivity contribution in [2.24, 2.45) is 5.73 Å². The van der Waals surface area contributed by atoms with Crippen LogP contribution >= 0.6 is 15.9 Å². The van der Waals surface area contributed by atoms with Crippen molar-refractivity contribution >= 4 is 15.9 Å². The average molecular weight is 286 g/mol. The minimum atomic E-state index is 0.225. The van der Waals surface area contributed by atoms with Crippen LogP contribution in [-0.4, -0.2) is 12.6 Å². The summed E-state index contributed by atoms with van der Waals surface area (Å²) in [6, 6.07) is 4.13. The Hall–Kier alpha value is -0.540. The lowest BCUT2D eigenvalue weighted by molar-refractivity contribution is 0.208. The number of aryl methyl sites for hydroxylation is 2. The van der Waals surface area contributed by atoms with Gasteiger partial charge in [0.15, 0.2) is 0 Å². The van der Waals surface area contributed by atoms with E-state index >= 15 is 0 Å². The monoisotopic (exact) mass is 285 g/mol. The molecule has 1 aromatic carbocycles. The van der Waals surface area contributed by atoms with Crippen molar-refractivity contribution in [1.82, 2.24) is 0 Å². The van der Waals surface area contributed by atoms with Gasteiger partial charge in [-0.2, -0.15) is 0 Å². The van der Waals surface area contributed by atoms with Gasteiger partial charge in [0.25, 0.3) is 0 Å². The summed E-state index contributed by atoms with van der Waals surface area (Å²) in [6.45, 7) is 6.97. The maximum absolute atomic E-state index is 5.86. The number of nitrogens with two attached hydrogens (primary N) is 1. The molecule has 0 aliphatic rings. The fourth-order valence-electron chi connectivity index (χ4n) is 1.67. The van der Waals surface area contributed by atoms with Gasteiger partial charge >= 0.3 is 0 Å². The topological polar surface area (TPSA) is 35.2 Å². The van der Waals surface area contributed by atoms with E-state index in [9.17, 15) is 0 Å². The van der Waals surface area contributed by atoms with Crippen molar-refractivity contribution in [2.75, 3.05) is 6.54 Å². The van der Waals surface area contributed by atoms with E-state index in [0.717, 1.165) is 29.6 Å². The first kappa shape index (κ1) is 13.5. The number of hydrogen-bond acceptors (Lipinski definition) is 2. The van der Waals surface area contributed by atoms with Crippen LogP contribution in [-0.2, 0) is 0 Å². The minimum Gasteiger partial charge on any atom is -0.491 e. The molecule has 0 fully saturated rings. The van der Waals surface area contributed by atoms with Crippen molar-refractivity contribution < 1.29 is 4.74 Å². The minimum absolute atomic E-state index is 0.225. The smallest absolute Gasteiger partial charge is 0.120 e. The van der Waals surface area contributed by atoms with Gasteiger partial charge in [0, 0.05) is 4.47 Å². The summed E-state index contributed by atoms with van der Waals surface area (Å²) >= 11 is 3.55. The van der Waals surface area contributed by atoms with E-state index in [1.165, 1.54) is 11.1 Å². The van der Waals surface area contributed by atoms with Gasteiger partial charge in [0.1, 0.15) is 5.75 Å². The standard InChI is InChI=1S/C13H20BrNO/c1-9-7-12(8-10(2)13(9)14)16-11(3)5-4-6-15/h7-8,11H,4-6,15H2,1-3H3. The fraction of sp³-hybridized carbons (Fsp3) is 0.538. The van der Waals surface area contributed by atoms with E-state index in [1.54, 1.807) is 0 Å². The van der Waals surface area contributed by atoms with Crippen LogP contribution in [0.25, 0.3) is 0 Å². The van der Waals surface area contributed by atoms with Gasteiger partial charge in [-0.15, -0.1) is 0 Å². The number of benzene rings is 1. The molecule has 1 atom stereocenters. The SMILES string of the molecule is Cc1cc(OC(C)CCCN)cc(C)c1Br. The summed E-state index contributed by atoms with van der Waals surface area (Å²) in [5.41, 5.74) is 7.90. The van der Waals surface area contributed by atoms with Crippen LogP contribution in [0, 0.1) is 13.8 Å². The number of hydrogen-bond donors (Lipinski definition) is 1. The fourth-order valence-corrected chi connectivity index (χ4v) is 1.90. The molecular formula is C13H20BrNO. The van der Waals surface area contributed by atoms with Gasteiger partial charge in [0.05, 0.1) is 6.10 Å². The van der Waals surface area contributed by atoms with Gasteiger partial charge in [-0.05, 0) is 63.4 Å². The van der Waals surface area contributed by atoms with E-state index < -0.39 is 0 Å². The maximum Gasteiger partial charge on any atom is 0.120 e. The van der Waals surface area contributed by atoms with Crippen molar-refractivity contribution in [3.8, 4) is 5.75 Å². The molecule has 1 aromatic rings. The number of halogens is 1. The van der Waals surface area contributed by atoms with Crippen molar-refractivity contribution in [3.63, 3.8) is 0 Å². The van der Waals surface area contributed by atoms with Crippen LogP contribution in [0.15, 0.2) is 16.6 Å². The maximum atomic E-state index is 5.86. The quantitative estimate of drug-likeness (QED) is 0.898. The molecule has 0 saturated heterocycles. The van der Waals surface area contributed by atoms with Crippen molar-refractivity contribution in [1.29, 1.82) is 0 Å². The Morgan fingerprint density at radius 3 is 2.38 bits per heavy atom. The molecule has 0 spiro atoms. The summed E-state index contributed by atoms with van der Waals surface area (Å²) in [5.74, 6) is 0.947. The number of ether oxygens (including phenoxy) is 1. The first-order valence-electron chi connectivity index (χ1n) is 5.68. The van der Waals surface area contributed by atoms with Crippen LogP contribution in [0.4, 0.5) is 0 Å². The molecule has 2 nitrogen and oxygen atoms in total.